The van der Waals surface area contributed by atoms with Crippen LogP contribution in [0.1, 0.15) is 42.9 Å². The van der Waals surface area contributed by atoms with E-state index in [4.69, 9.17) is 11.6 Å². The van der Waals surface area contributed by atoms with Crippen LogP contribution in [-0.2, 0) is 6.42 Å². The molecule has 0 aliphatic heterocycles. The SMILES string of the molecule is Clc1ccc2c(c1)CCC2NC1CC=CCC1. The molecule has 0 spiro atoms. The first-order valence-corrected chi connectivity index (χ1v) is 6.90. The lowest BCUT2D eigenvalue weighted by Gasteiger charge is -2.24. The summed E-state index contributed by atoms with van der Waals surface area (Å²) in [5, 5.41) is 4.66. The molecule has 0 saturated carbocycles. The van der Waals surface area contributed by atoms with E-state index in [1.165, 1.54) is 36.8 Å². The molecule has 2 aliphatic rings. The first kappa shape index (κ1) is 11.3. The van der Waals surface area contributed by atoms with Crippen molar-refractivity contribution in [1.29, 1.82) is 0 Å². The molecule has 1 N–H and O–H groups in total. The lowest BCUT2D eigenvalue weighted by molar-refractivity contribution is 0.408. The maximum atomic E-state index is 6.03. The van der Waals surface area contributed by atoms with E-state index in [1.807, 2.05) is 6.07 Å². The summed E-state index contributed by atoms with van der Waals surface area (Å²) < 4.78 is 0. The van der Waals surface area contributed by atoms with Crippen LogP contribution in [0.25, 0.3) is 0 Å². The van der Waals surface area contributed by atoms with Crippen molar-refractivity contribution in [2.45, 2.75) is 44.2 Å². The van der Waals surface area contributed by atoms with Crippen LogP contribution in [0.3, 0.4) is 0 Å². The van der Waals surface area contributed by atoms with Crippen molar-refractivity contribution in [1.82, 2.24) is 5.32 Å². The fourth-order valence-corrected chi connectivity index (χ4v) is 3.18. The van der Waals surface area contributed by atoms with Crippen LogP contribution >= 0.6 is 11.6 Å². The number of benzene rings is 1. The van der Waals surface area contributed by atoms with Crippen molar-refractivity contribution in [2.75, 3.05) is 0 Å². The molecule has 0 aromatic heterocycles. The lowest BCUT2D eigenvalue weighted by atomic mass is 9.99. The third-order valence-electron chi connectivity index (χ3n) is 3.89. The van der Waals surface area contributed by atoms with Crippen LogP contribution in [0, 0.1) is 0 Å². The van der Waals surface area contributed by atoms with Gasteiger partial charge in [0.25, 0.3) is 0 Å². The summed E-state index contributed by atoms with van der Waals surface area (Å²) >= 11 is 6.03. The predicted octanol–water partition coefficient (Wildman–Crippen LogP) is 4.03. The molecule has 2 unspecified atom stereocenters. The van der Waals surface area contributed by atoms with E-state index in [9.17, 15) is 0 Å². The number of halogens is 1. The number of hydrogen-bond donors (Lipinski definition) is 1. The molecule has 0 bridgehead atoms. The number of fused-ring (bicyclic) bond motifs is 1. The normalized spacial score (nSPS) is 27.1. The van der Waals surface area contributed by atoms with Gasteiger partial charge in [-0.2, -0.15) is 0 Å². The van der Waals surface area contributed by atoms with Crippen LogP contribution in [-0.4, -0.2) is 6.04 Å². The zero-order chi connectivity index (χ0) is 11.7. The van der Waals surface area contributed by atoms with Crippen molar-refractivity contribution in [3.05, 3.63) is 46.5 Å². The molecule has 1 aromatic carbocycles. The van der Waals surface area contributed by atoms with E-state index in [1.54, 1.807) is 0 Å². The highest BCUT2D eigenvalue weighted by Crippen LogP contribution is 2.33. The van der Waals surface area contributed by atoms with Crippen LogP contribution in [0.2, 0.25) is 5.02 Å². The Labute approximate surface area is 108 Å². The van der Waals surface area contributed by atoms with E-state index in [0.717, 1.165) is 11.4 Å². The van der Waals surface area contributed by atoms with Crippen LogP contribution in [0.15, 0.2) is 30.4 Å². The second-order valence-corrected chi connectivity index (χ2v) is 5.52. The molecule has 0 saturated heterocycles. The zero-order valence-electron chi connectivity index (χ0n) is 9.95. The summed E-state index contributed by atoms with van der Waals surface area (Å²) in [5.41, 5.74) is 2.89. The Morgan fingerprint density at radius 1 is 1.18 bits per heavy atom. The second-order valence-electron chi connectivity index (χ2n) is 5.08. The molecule has 0 amide bonds. The average molecular weight is 248 g/mol. The van der Waals surface area contributed by atoms with E-state index in [-0.39, 0.29) is 0 Å². The molecule has 3 rings (SSSR count). The summed E-state index contributed by atoms with van der Waals surface area (Å²) in [6.45, 7) is 0. The molecule has 90 valence electrons. The van der Waals surface area contributed by atoms with E-state index in [2.05, 4.69) is 29.6 Å². The summed E-state index contributed by atoms with van der Waals surface area (Å²) in [6, 6.07) is 7.53. The minimum atomic E-state index is 0.541. The quantitative estimate of drug-likeness (QED) is 0.779. The van der Waals surface area contributed by atoms with E-state index < -0.39 is 0 Å². The third kappa shape index (κ3) is 2.41. The fourth-order valence-electron chi connectivity index (χ4n) is 2.99. The highest BCUT2D eigenvalue weighted by molar-refractivity contribution is 6.30. The molecular formula is C15H18ClN. The Morgan fingerprint density at radius 3 is 2.94 bits per heavy atom. The number of allylic oxidation sites excluding steroid dienone is 1. The van der Waals surface area contributed by atoms with Gasteiger partial charge in [-0.15, -0.1) is 0 Å². The minimum absolute atomic E-state index is 0.541. The number of rotatable bonds is 2. The summed E-state index contributed by atoms with van der Waals surface area (Å²) in [5.74, 6) is 0. The smallest absolute Gasteiger partial charge is 0.0408 e. The van der Waals surface area contributed by atoms with Crippen LogP contribution in [0.5, 0.6) is 0 Å². The molecule has 2 heteroatoms. The Bertz CT molecular complexity index is 439. The molecule has 0 fully saturated rings. The van der Waals surface area contributed by atoms with Crippen molar-refractivity contribution >= 4 is 11.6 Å². The van der Waals surface area contributed by atoms with Gasteiger partial charge in [0.05, 0.1) is 0 Å². The maximum absolute atomic E-state index is 6.03. The van der Waals surface area contributed by atoms with Gasteiger partial charge in [-0.1, -0.05) is 29.8 Å². The highest BCUT2D eigenvalue weighted by atomic mass is 35.5. The molecular weight excluding hydrogens is 230 g/mol. The Hall–Kier alpha value is -0.790. The van der Waals surface area contributed by atoms with Crippen LogP contribution in [0.4, 0.5) is 0 Å². The van der Waals surface area contributed by atoms with E-state index >= 15 is 0 Å². The second kappa shape index (κ2) is 4.83. The van der Waals surface area contributed by atoms with Gasteiger partial charge in [0.1, 0.15) is 0 Å². The van der Waals surface area contributed by atoms with Crippen molar-refractivity contribution in [3.8, 4) is 0 Å². The summed E-state index contributed by atoms with van der Waals surface area (Å²) in [4.78, 5) is 0. The zero-order valence-corrected chi connectivity index (χ0v) is 10.7. The monoisotopic (exact) mass is 247 g/mol. The average Bonchev–Trinajstić information content (AvgIpc) is 2.73. The fraction of sp³-hybridized carbons (Fsp3) is 0.467. The topological polar surface area (TPSA) is 12.0 Å². The molecule has 2 aliphatic carbocycles. The summed E-state index contributed by atoms with van der Waals surface area (Å²) in [6.07, 6.45) is 10.7. The number of nitrogens with one attached hydrogen (secondary N) is 1. The number of hydrogen-bond acceptors (Lipinski definition) is 1. The molecule has 17 heavy (non-hydrogen) atoms. The predicted molar refractivity (Wildman–Crippen MR) is 72.4 cm³/mol. The van der Waals surface area contributed by atoms with Gasteiger partial charge in [0.15, 0.2) is 0 Å². The maximum Gasteiger partial charge on any atom is 0.0408 e. The van der Waals surface area contributed by atoms with E-state index in [0.29, 0.717) is 12.1 Å². The molecule has 0 heterocycles. The minimum Gasteiger partial charge on any atom is -0.307 e. The molecule has 1 nitrogen and oxygen atoms in total. The Kier molecular flexibility index (Phi) is 3.21. The highest BCUT2D eigenvalue weighted by Gasteiger charge is 2.24. The largest absolute Gasteiger partial charge is 0.307 e. The first-order valence-electron chi connectivity index (χ1n) is 6.52. The Balaban J connectivity index is 1.73. The third-order valence-corrected chi connectivity index (χ3v) is 4.12. The van der Waals surface area contributed by atoms with Gasteiger partial charge in [-0.3, -0.25) is 0 Å². The van der Waals surface area contributed by atoms with Gasteiger partial charge < -0.3 is 5.32 Å². The van der Waals surface area contributed by atoms with Gasteiger partial charge in [0, 0.05) is 17.1 Å². The molecule has 0 radical (unpaired) electrons. The van der Waals surface area contributed by atoms with Gasteiger partial charge in [-0.05, 0) is 55.4 Å². The van der Waals surface area contributed by atoms with Crippen molar-refractivity contribution in [3.63, 3.8) is 0 Å². The van der Waals surface area contributed by atoms with Crippen molar-refractivity contribution < 1.29 is 0 Å². The standard InChI is InChI=1S/C15H18ClN/c16-12-7-8-14-11(10-12)6-9-15(14)17-13-4-2-1-3-5-13/h1-2,7-8,10,13,15,17H,3-6,9H2. The van der Waals surface area contributed by atoms with Gasteiger partial charge >= 0.3 is 0 Å². The van der Waals surface area contributed by atoms with Gasteiger partial charge in [-0.25, -0.2) is 0 Å². The van der Waals surface area contributed by atoms with Crippen LogP contribution < -0.4 is 5.32 Å². The first-order chi connectivity index (χ1) is 8.33. The summed E-state index contributed by atoms with van der Waals surface area (Å²) in [7, 11) is 0. The molecule has 1 aromatic rings. The molecule has 2 atom stereocenters. The lowest BCUT2D eigenvalue weighted by Crippen LogP contribution is -2.32. The number of aryl methyl sites for hydroxylation is 1. The van der Waals surface area contributed by atoms with Crippen molar-refractivity contribution in [2.24, 2.45) is 0 Å². The van der Waals surface area contributed by atoms with Gasteiger partial charge in [0.2, 0.25) is 0 Å². The Morgan fingerprint density at radius 2 is 2.12 bits per heavy atom.